The number of halogens is 1. The Hall–Kier alpha value is -1.00. The average Bonchev–Trinajstić information content (AvgIpc) is 2.55. The molecule has 1 heterocycles. The van der Waals surface area contributed by atoms with Crippen LogP contribution in [0.2, 0.25) is 0 Å². The van der Waals surface area contributed by atoms with E-state index in [0.29, 0.717) is 6.54 Å². The number of rotatable bonds is 3. The molecule has 0 aliphatic rings. The summed E-state index contributed by atoms with van der Waals surface area (Å²) in [4.78, 5) is 0. The zero-order valence-electron chi connectivity index (χ0n) is 9.46. The van der Waals surface area contributed by atoms with Gasteiger partial charge in [-0.25, -0.2) is 0 Å². The highest BCUT2D eigenvalue weighted by molar-refractivity contribution is 9.10. The lowest BCUT2D eigenvalue weighted by Crippen LogP contribution is -2.01. The van der Waals surface area contributed by atoms with E-state index in [1.54, 1.807) is 7.11 Å². The van der Waals surface area contributed by atoms with E-state index in [4.69, 9.17) is 10.5 Å². The van der Waals surface area contributed by atoms with Crippen LogP contribution in [-0.2, 0) is 13.5 Å². The van der Waals surface area contributed by atoms with Gasteiger partial charge < -0.3 is 15.0 Å². The zero-order chi connectivity index (χ0) is 11.7. The molecule has 0 unspecified atom stereocenters. The van der Waals surface area contributed by atoms with Crippen LogP contribution in [0.3, 0.4) is 0 Å². The molecule has 3 nitrogen and oxygen atoms in total. The Morgan fingerprint density at radius 3 is 2.81 bits per heavy atom. The minimum atomic E-state index is 0.661. The third-order valence-corrected chi connectivity index (χ3v) is 3.18. The Balaban J connectivity index is 2.74. The monoisotopic (exact) mass is 282 g/mol. The molecule has 4 heteroatoms. The molecule has 0 radical (unpaired) electrons. The first-order chi connectivity index (χ1) is 7.67. The Bertz CT molecular complexity index is 519. The molecule has 0 fully saturated rings. The molecule has 2 N–H and O–H groups in total. The summed E-state index contributed by atoms with van der Waals surface area (Å²) in [7, 11) is 3.72. The van der Waals surface area contributed by atoms with E-state index in [1.807, 2.05) is 13.1 Å². The van der Waals surface area contributed by atoms with E-state index in [-0.39, 0.29) is 0 Å². The molecule has 2 aromatic rings. The van der Waals surface area contributed by atoms with Crippen molar-refractivity contribution in [3.63, 3.8) is 0 Å². The third-order valence-electron chi connectivity index (χ3n) is 2.72. The Kier molecular flexibility index (Phi) is 3.21. The first kappa shape index (κ1) is 11.5. The highest BCUT2D eigenvalue weighted by atomic mass is 79.9. The standard InChI is InChI=1S/C12H15BrN2O/c1-15-7-8(3-4-14)10-5-9(13)6-11(16-2)12(10)15/h5-7H,3-4,14H2,1-2H3. The van der Waals surface area contributed by atoms with Gasteiger partial charge in [0.25, 0.3) is 0 Å². The number of fused-ring (bicyclic) bond motifs is 1. The summed E-state index contributed by atoms with van der Waals surface area (Å²) in [5.41, 5.74) is 8.00. The molecule has 16 heavy (non-hydrogen) atoms. The van der Waals surface area contributed by atoms with Crippen molar-refractivity contribution in [2.24, 2.45) is 12.8 Å². The first-order valence-corrected chi connectivity index (χ1v) is 5.98. The molecule has 0 saturated carbocycles. The zero-order valence-corrected chi connectivity index (χ0v) is 11.0. The van der Waals surface area contributed by atoms with Crippen LogP contribution in [-0.4, -0.2) is 18.2 Å². The van der Waals surface area contributed by atoms with Gasteiger partial charge in [-0.05, 0) is 30.7 Å². The van der Waals surface area contributed by atoms with E-state index in [0.717, 1.165) is 22.2 Å². The molecule has 0 amide bonds. The number of nitrogens with two attached hydrogens (primary N) is 1. The van der Waals surface area contributed by atoms with Gasteiger partial charge in [-0.3, -0.25) is 0 Å². The van der Waals surface area contributed by atoms with Crippen LogP contribution in [0.25, 0.3) is 10.9 Å². The lowest BCUT2D eigenvalue weighted by Gasteiger charge is -2.05. The van der Waals surface area contributed by atoms with Crippen molar-refractivity contribution in [1.82, 2.24) is 4.57 Å². The van der Waals surface area contributed by atoms with Gasteiger partial charge in [0.15, 0.2) is 0 Å². The molecule has 0 saturated heterocycles. The fourth-order valence-corrected chi connectivity index (χ4v) is 2.50. The highest BCUT2D eigenvalue weighted by Crippen LogP contribution is 2.33. The topological polar surface area (TPSA) is 40.2 Å². The summed E-state index contributed by atoms with van der Waals surface area (Å²) in [6, 6.07) is 4.09. The van der Waals surface area contributed by atoms with Crippen LogP contribution in [0.1, 0.15) is 5.56 Å². The number of benzene rings is 1. The second-order valence-corrected chi connectivity index (χ2v) is 4.72. The van der Waals surface area contributed by atoms with E-state index >= 15 is 0 Å². The molecule has 0 aliphatic carbocycles. The predicted octanol–water partition coefficient (Wildman–Crippen LogP) is 2.45. The Labute approximate surface area is 103 Å². The van der Waals surface area contributed by atoms with Crippen molar-refractivity contribution in [3.8, 4) is 5.75 Å². The quantitative estimate of drug-likeness (QED) is 0.940. The van der Waals surface area contributed by atoms with Crippen LogP contribution in [0.4, 0.5) is 0 Å². The molecule has 0 bridgehead atoms. The first-order valence-electron chi connectivity index (χ1n) is 5.19. The smallest absolute Gasteiger partial charge is 0.144 e. The number of nitrogens with zero attached hydrogens (tertiary/aromatic N) is 1. The van der Waals surface area contributed by atoms with Crippen LogP contribution in [0.15, 0.2) is 22.8 Å². The molecule has 86 valence electrons. The van der Waals surface area contributed by atoms with E-state index in [2.05, 4.69) is 32.8 Å². The largest absolute Gasteiger partial charge is 0.495 e. The van der Waals surface area contributed by atoms with Crippen molar-refractivity contribution in [2.75, 3.05) is 13.7 Å². The van der Waals surface area contributed by atoms with Crippen LogP contribution >= 0.6 is 15.9 Å². The van der Waals surface area contributed by atoms with Crippen molar-refractivity contribution in [3.05, 3.63) is 28.4 Å². The molecular weight excluding hydrogens is 268 g/mol. The van der Waals surface area contributed by atoms with Gasteiger partial charge in [0.05, 0.1) is 12.6 Å². The fourth-order valence-electron chi connectivity index (χ4n) is 2.06. The van der Waals surface area contributed by atoms with Gasteiger partial charge in [-0.2, -0.15) is 0 Å². The summed E-state index contributed by atoms with van der Waals surface area (Å²) in [6.07, 6.45) is 3.00. The van der Waals surface area contributed by atoms with Crippen LogP contribution in [0, 0.1) is 0 Å². The summed E-state index contributed by atoms with van der Waals surface area (Å²) in [6.45, 7) is 0.661. The molecule has 2 rings (SSSR count). The highest BCUT2D eigenvalue weighted by Gasteiger charge is 2.11. The van der Waals surface area contributed by atoms with Gasteiger partial charge >= 0.3 is 0 Å². The predicted molar refractivity (Wildman–Crippen MR) is 69.9 cm³/mol. The Morgan fingerprint density at radius 1 is 1.44 bits per heavy atom. The number of hydrogen-bond acceptors (Lipinski definition) is 2. The molecule has 1 aromatic heterocycles. The Morgan fingerprint density at radius 2 is 2.19 bits per heavy atom. The van der Waals surface area contributed by atoms with E-state index in [9.17, 15) is 0 Å². The number of ether oxygens (including phenoxy) is 1. The SMILES string of the molecule is COc1cc(Br)cc2c(CCN)cn(C)c12. The third kappa shape index (κ3) is 1.83. The second-order valence-electron chi connectivity index (χ2n) is 3.81. The van der Waals surface area contributed by atoms with Gasteiger partial charge in [0, 0.05) is 23.1 Å². The summed E-state index contributed by atoms with van der Waals surface area (Å²) in [5, 5.41) is 1.21. The van der Waals surface area contributed by atoms with Gasteiger partial charge in [0.2, 0.25) is 0 Å². The lowest BCUT2D eigenvalue weighted by atomic mass is 10.1. The summed E-state index contributed by atoms with van der Waals surface area (Å²) >= 11 is 3.50. The van der Waals surface area contributed by atoms with Crippen molar-refractivity contribution < 1.29 is 4.74 Å². The van der Waals surface area contributed by atoms with E-state index < -0.39 is 0 Å². The molecule has 0 spiro atoms. The number of methoxy groups -OCH3 is 1. The van der Waals surface area contributed by atoms with Gasteiger partial charge in [-0.15, -0.1) is 0 Å². The minimum absolute atomic E-state index is 0.661. The average molecular weight is 283 g/mol. The molecule has 0 atom stereocenters. The minimum Gasteiger partial charge on any atom is -0.495 e. The summed E-state index contributed by atoms with van der Waals surface area (Å²) < 4.78 is 8.52. The molecular formula is C12H15BrN2O. The van der Waals surface area contributed by atoms with Crippen molar-refractivity contribution in [1.29, 1.82) is 0 Å². The number of aryl methyl sites for hydroxylation is 1. The molecule has 0 aliphatic heterocycles. The second kappa shape index (κ2) is 4.47. The maximum atomic E-state index is 5.62. The van der Waals surface area contributed by atoms with Gasteiger partial charge in [-0.1, -0.05) is 15.9 Å². The normalized spacial score (nSPS) is 11.0. The summed E-state index contributed by atoms with van der Waals surface area (Å²) in [5.74, 6) is 0.884. The van der Waals surface area contributed by atoms with Crippen molar-refractivity contribution >= 4 is 26.8 Å². The fraction of sp³-hybridized carbons (Fsp3) is 0.333. The number of aromatic nitrogens is 1. The maximum absolute atomic E-state index is 5.62. The van der Waals surface area contributed by atoms with Gasteiger partial charge in [0.1, 0.15) is 5.75 Å². The lowest BCUT2D eigenvalue weighted by molar-refractivity contribution is 0.417. The maximum Gasteiger partial charge on any atom is 0.144 e. The van der Waals surface area contributed by atoms with Crippen LogP contribution < -0.4 is 10.5 Å². The van der Waals surface area contributed by atoms with E-state index in [1.165, 1.54) is 10.9 Å². The molecule has 1 aromatic carbocycles. The van der Waals surface area contributed by atoms with Crippen molar-refractivity contribution in [2.45, 2.75) is 6.42 Å². The van der Waals surface area contributed by atoms with Crippen LogP contribution in [0.5, 0.6) is 5.75 Å². The number of hydrogen-bond donors (Lipinski definition) is 1.